The van der Waals surface area contributed by atoms with Gasteiger partial charge in [0.2, 0.25) is 0 Å². The van der Waals surface area contributed by atoms with Gasteiger partial charge < -0.3 is 14.0 Å². The van der Waals surface area contributed by atoms with Crippen LogP contribution in [0.15, 0.2) is 42.7 Å². The molecule has 3 nitrogen and oxygen atoms in total. The summed E-state index contributed by atoms with van der Waals surface area (Å²) < 4.78 is 12.5. The van der Waals surface area contributed by atoms with Crippen LogP contribution >= 0.6 is 0 Å². The largest absolute Gasteiger partial charge is 0.497 e. The van der Waals surface area contributed by atoms with Gasteiger partial charge in [0.05, 0.1) is 19.9 Å². The van der Waals surface area contributed by atoms with Crippen LogP contribution in [0.4, 0.5) is 0 Å². The van der Waals surface area contributed by atoms with Crippen LogP contribution in [0.1, 0.15) is 0 Å². The van der Waals surface area contributed by atoms with E-state index in [4.69, 9.17) is 9.47 Å². The quantitative estimate of drug-likeness (QED) is 0.765. The Morgan fingerprint density at radius 3 is 2.33 bits per heavy atom. The maximum absolute atomic E-state index is 5.29. The third-order valence-electron chi connectivity index (χ3n) is 2.27. The van der Waals surface area contributed by atoms with Gasteiger partial charge in [-0.25, -0.2) is 0 Å². The normalized spacial score (nSPS) is 10.0. The molecule has 2 rings (SSSR count). The summed E-state index contributed by atoms with van der Waals surface area (Å²) >= 11 is 0. The molecule has 0 atom stereocenters. The lowest BCUT2D eigenvalue weighted by molar-refractivity contribution is 0.401. The summed E-state index contributed by atoms with van der Waals surface area (Å²) in [6.07, 6.45) is 3.94. The SMILES string of the molecule is COc1ccc(OC)c(-n2cccc2)c1. The predicted molar refractivity (Wildman–Crippen MR) is 58.9 cm³/mol. The molecule has 0 aliphatic carbocycles. The zero-order valence-corrected chi connectivity index (χ0v) is 8.81. The number of methoxy groups -OCH3 is 2. The van der Waals surface area contributed by atoms with E-state index in [-0.39, 0.29) is 0 Å². The van der Waals surface area contributed by atoms with E-state index < -0.39 is 0 Å². The van der Waals surface area contributed by atoms with Gasteiger partial charge in [0.25, 0.3) is 0 Å². The minimum atomic E-state index is 0.819. The molecule has 2 aromatic rings. The summed E-state index contributed by atoms with van der Waals surface area (Å²) in [5.74, 6) is 1.64. The van der Waals surface area contributed by atoms with E-state index in [1.165, 1.54) is 0 Å². The Morgan fingerprint density at radius 2 is 1.73 bits per heavy atom. The Morgan fingerprint density at radius 1 is 1.00 bits per heavy atom. The lowest BCUT2D eigenvalue weighted by Gasteiger charge is -2.11. The van der Waals surface area contributed by atoms with Crippen LogP contribution < -0.4 is 9.47 Å². The van der Waals surface area contributed by atoms with Crippen LogP contribution in [0.25, 0.3) is 5.69 Å². The van der Waals surface area contributed by atoms with E-state index in [9.17, 15) is 0 Å². The number of ether oxygens (including phenoxy) is 2. The Labute approximate surface area is 88.9 Å². The lowest BCUT2D eigenvalue weighted by Crippen LogP contribution is -1.96. The van der Waals surface area contributed by atoms with Crippen LogP contribution in [0, 0.1) is 0 Å². The molecular weight excluding hydrogens is 190 g/mol. The molecule has 0 saturated carbocycles. The molecule has 15 heavy (non-hydrogen) atoms. The Hall–Kier alpha value is -1.90. The second kappa shape index (κ2) is 4.09. The van der Waals surface area contributed by atoms with Crippen LogP contribution in [-0.4, -0.2) is 18.8 Å². The maximum Gasteiger partial charge on any atom is 0.143 e. The second-order valence-electron chi connectivity index (χ2n) is 3.13. The average molecular weight is 203 g/mol. The van der Waals surface area contributed by atoms with Crippen molar-refractivity contribution in [2.45, 2.75) is 0 Å². The highest BCUT2D eigenvalue weighted by Crippen LogP contribution is 2.27. The Bertz CT molecular complexity index is 435. The zero-order chi connectivity index (χ0) is 10.7. The molecule has 0 radical (unpaired) electrons. The molecule has 0 aliphatic heterocycles. The van der Waals surface area contributed by atoms with Gasteiger partial charge in [0.15, 0.2) is 0 Å². The van der Waals surface area contributed by atoms with E-state index in [2.05, 4.69) is 0 Å². The molecule has 0 spiro atoms. The molecule has 0 amide bonds. The monoisotopic (exact) mass is 203 g/mol. The van der Waals surface area contributed by atoms with Crippen molar-refractivity contribution in [1.82, 2.24) is 4.57 Å². The van der Waals surface area contributed by atoms with Crippen molar-refractivity contribution >= 4 is 0 Å². The van der Waals surface area contributed by atoms with E-state index in [1.807, 2.05) is 47.3 Å². The number of hydrogen-bond donors (Lipinski definition) is 0. The molecule has 0 fully saturated rings. The third-order valence-corrected chi connectivity index (χ3v) is 2.27. The van der Waals surface area contributed by atoms with Gasteiger partial charge in [-0.1, -0.05) is 0 Å². The first-order valence-corrected chi connectivity index (χ1v) is 4.70. The van der Waals surface area contributed by atoms with Crippen molar-refractivity contribution in [3.05, 3.63) is 42.7 Å². The van der Waals surface area contributed by atoms with E-state index in [0.29, 0.717) is 0 Å². The fourth-order valence-corrected chi connectivity index (χ4v) is 1.49. The first kappa shape index (κ1) is 9.65. The van der Waals surface area contributed by atoms with Gasteiger partial charge in [-0.05, 0) is 24.3 Å². The van der Waals surface area contributed by atoms with E-state index in [0.717, 1.165) is 17.2 Å². The predicted octanol–water partition coefficient (Wildman–Crippen LogP) is 2.49. The molecule has 0 bridgehead atoms. The molecule has 1 aromatic heterocycles. The summed E-state index contributed by atoms with van der Waals surface area (Å²) in [6.45, 7) is 0. The van der Waals surface area contributed by atoms with Gasteiger partial charge in [-0.3, -0.25) is 0 Å². The number of benzene rings is 1. The van der Waals surface area contributed by atoms with Gasteiger partial charge in [-0.2, -0.15) is 0 Å². The highest BCUT2D eigenvalue weighted by molar-refractivity contribution is 5.51. The second-order valence-corrected chi connectivity index (χ2v) is 3.13. The van der Waals surface area contributed by atoms with Gasteiger partial charge in [0, 0.05) is 18.5 Å². The first-order chi connectivity index (χ1) is 7.35. The van der Waals surface area contributed by atoms with Crippen LogP contribution in [-0.2, 0) is 0 Å². The van der Waals surface area contributed by atoms with Crippen molar-refractivity contribution in [2.24, 2.45) is 0 Å². The molecule has 0 aliphatic rings. The summed E-state index contributed by atoms with van der Waals surface area (Å²) in [5.41, 5.74) is 0.974. The van der Waals surface area contributed by atoms with Crippen molar-refractivity contribution in [3.63, 3.8) is 0 Å². The average Bonchev–Trinajstić information content (AvgIpc) is 2.81. The van der Waals surface area contributed by atoms with Crippen LogP contribution in [0.5, 0.6) is 11.5 Å². The fourth-order valence-electron chi connectivity index (χ4n) is 1.49. The van der Waals surface area contributed by atoms with Gasteiger partial charge >= 0.3 is 0 Å². The highest BCUT2D eigenvalue weighted by atomic mass is 16.5. The van der Waals surface area contributed by atoms with E-state index in [1.54, 1.807) is 14.2 Å². The maximum atomic E-state index is 5.29. The number of nitrogens with zero attached hydrogens (tertiary/aromatic N) is 1. The zero-order valence-electron chi connectivity index (χ0n) is 8.81. The minimum absolute atomic E-state index is 0.819. The Balaban J connectivity index is 2.52. The van der Waals surface area contributed by atoms with Crippen molar-refractivity contribution in [1.29, 1.82) is 0 Å². The summed E-state index contributed by atoms with van der Waals surface area (Å²) in [6, 6.07) is 9.66. The summed E-state index contributed by atoms with van der Waals surface area (Å²) in [5, 5.41) is 0. The first-order valence-electron chi connectivity index (χ1n) is 4.70. The molecule has 0 saturated heterocycles. The third kappa shape index (κ3) is 1.81. The minimum Gasteiger partial charge on any atom is -0.497 e. The van der Waals surface area contributed by atoms with E-state index >= 15 is 0 Å². The van der Waals surface area contributed by atoms with Crippen molar-refractivity contribution < 1.29 is 9.47 Å². The molecule has 1 aromatic carbocycles. The highest BCUT2D eigenvalue weighted by Gasteiger charge is 2.05. The standard InChI is InChI=1S/C12H13NO2/c1-14-10-5-6-12(15-2)11(9-10)13-7-3-4-8-13/h3-9H,1-2H3. The summed E-state index contributed by atoms with van der Waals surface area (Å²) in [7, 11) is 3.32. The molecule has 1 heterocycles. The molecule has 0 unspecified atom stereocenters. The smallest absolute Gasteiger partial charge is 0.143 e. The fraction of sp³-hybridized carbons (Fsp3) is 0.167. The van der Waals surface area contributed by atoms with Crippen LogP contribution in [0.3, 0.4) is 0 Å². The molecule has 3 heteroatoms. The van der Waals surface area contributed by atoms with Crippen molar-refractivity contribution in [2.75, 3.05) is 14.2 Å². The molecular formula is C12H13NO2. The summed E-state index contributed by atoms with van der Waals surface area (Å²) in [4.78, 5) is 0. The number of aromatic nitrogens is 1. The molecule has 78 valence electrons. The van der Waals surface area contributed by atoms with Crippen LogP contribution in [0.2, 0.25) is 0 Å². The number of rotatable bonds is 3. The molecule has 0 N–H and O–H groups in total. The number of hydrogen-bond acceptors (Lipinski definition) is 2. The lowest BCUT2D eigenvalue weighted by atomic mass is 10.2. The van der Waals surface area contributed by atoms with Crippen molar-refractivity contribution in [3.8, 4) is 17.2 Å². The van der Waals surface area contributed by atoms with Gasteiger partial charge in [0.1, 0.15) is 11.5 Å². The van der Waals surface area contributed by atoms with Gasteiger partial charge in [-0.15, -0.1) is 0 Å². The topological polar surface area (TPSA) is 23.4 Å². The Kier molecular flexibility index (Phi) is 2.63.